The fraction of sp³-hybridized carbons (Fsp3) is 0.444. The van der Waals surface area contributed by atoms with Gasteiger partial charge in [0.2, 0.25) is 0 Å². The molecule has 2 aromatic carbocycles. The van der Waals surface area contributed by atoms with E-state index in [0.29, 0.717) is 0 Å². The van der Waals surface area contributed by atoms with Crippen LogP contribution in [0.3, 0.4) is 0 Å². The second-order valence-electron chi connectivity index (χ2n) is 5.12. The lowest BCUT2D eigenvalue weighted by molar-refractivity contribution is 0.307. The normalized spacial score (nSPS) is 10.8. The highest BCUT2D eigenvalue weighted by Crippen LogP contribution is 2.25. The molecule has 0 heterocycles. The molecule has 0 aliphatic heterocycles. The Morgan fingerprint density at radius 1 is 0.810 bits per heavy atom. The van der Waals surface area contributed by atoms with Crippen LogP contribution in [-0.2, 0) is 0 Å². The van der Waals surface area contributed by atoms with Gasteiger partial charge in [-0.05, 0) is 60.7 Å². The Kier molecular flexibility index (Phi) is 6.87. The molecule has 114 valence electrons. The molecule has 3 heteroatoms. The molecule has 21 heavy (non-hydrogen) atoms. The first-order valence-electron chi connectivity index (χ1n) is 7.69. The molecule has 0 saturated heterocycles. The van der Waals surface area contributed by atoms with E-state index in [1.807, 2.05) is 12.1 Å². The minimum Gasteiger partial charge on any atom is -0.494 e. The molecule has 0 aliphatic carbocycles. The SMILES string of the molecule is CCCOc1ccc2cc(OCCCCCBr)ccc2c1. The number of benzene rings is 2. The fourth-order valence-corrected chi connectivity index (χ4v) is 2.56. The van der Waals surface area contributed by atoms with E-state index in [-0.39, 0.29) is 0 Å². The largest absolute Gasteiger partial charge is 0.494 e. The van der Waals surface area contributed by atoms with Crippen molar-refractivity contribution in [3.05, 3.63) is 36.4 Å². The van der Waals surface area contributed by atoms with Crippen molar-refractivity contribution in [1.29, 1.82) is 0 Å². The molecule has 2 nitrogen and oxygen atoms in total. The molecule has 0 aromatic heterocycles. The van der Waals surface area contributed by atoms with Gasteiger partial charge in [0.25, 0.3) is 0 Å². The number of rotatable bonds is 9. The summed E-state index contributed by atoms with van der Waals surface area (Å²) < 4.78 is 11.5. The molecule has 0 spiro atoms. The summed E-state index contributed by atoms with van der Waals surface area (Å²) in [6.45, 7) is 3.67. The number of fused-ring (bicyclic) bond motifs is 1. The van der Waals surface area contributed by atoms with E-state index in [0.717, 1.165) is 42.9 Å². The highest BCUT2D eigenvalue weighted by molar-refractivity contribution is 9.09. The molecule has 0 atom stereocenters. The van der Waals surface area contributed by atoms with Crippen molar-refractivity contribution in [1.82, 2.24) is 0 Å². The second kappa shape index (κ2) is 8.93. The molecule has 0 aliphatic rings. The number of hydrogen-bond acceptors (Lipinski definition) is 2. The van der Waals surface area contributed by atoms with Crippen molar-refractivity contribution in [2.24, 2.45) is 0 Å². The number of ether oxygens (including phenoxy) is 2. The number of halogens is 1. The number of unbranched alkanes of at least 4 members (excludes halogenated alkanes) is 2. The van der Waals surface area contributed by atoms with E-state index in [1.54, 1.807) is 0 Å². The zero-order valence-electron chi connectivity index (χ0n) is 12.6. The smallest absolute Gasteiger partial charge is 0.119 e. The summed E-state index contributed by atoms with van der Waals surface area (Å²) in [7, 11) is 0. The van der Waals surface area contributed by atoms with E-state index in [2.05, 4.69) is 47.1 Å². The zero-order valence-corrected chi connectivity index (χ0v) is 14.2. The maximum atomic E-state index is 5.81. The van der Waals surface area contributed by atoms with Gasteiger partial charge < -0.3 is 9.47 Å². The van der Waals surface area contributed by atoms with E-state index in [1.165, 1.54) is 23.6 Å². The molecular weight excluding hydrogens is 328 g/mol. The van der Waals surface area contributed by atoms with Crippen LogP contribution in [-0.4, -0.2) is 18.5 Å². The van der Waals surface area contributed by atoms with E-state index in [9.17, 15) is 0 Å². The topological polar surface area (TPSA) is 18.5 Å². The summed E-state index contributed by atoms with van der Waals surface area (Å²) in [4.78, 5) is 0. The zero-order chi connectivity index (χ0) is 14.9. The van der Waals surface area contributed by atoms with Crippen molar-refractivity contribution in [2.45, 2.75) is 32.6 Å². The van der Waals surface area contributed by atoms with Crippen molar-refractivity contribution in [2.75, 3.05) is 18.5 Å². The fourth-order valence-electron chi connectivity index (χ4n) is 2.16. The van der Waals surface area contributed by atoms with Gasteiger partial charge in [0, 0.05) is 5.33 Å². The van der Waals surface area contributed by atoms with Gasteiger partial charge in [-0.3, -0.25) is 0 Å². The third-order valence-corrected chi connectivity index (χ3v) is 3.86. The van der Waals surface area contributed by atoms with Crippen LogP contribution in [0, 0.1) is 0 Å². The minimum absolute atomic E-state index is 0.765. The summed E-state index contributed by atoms with van der Waals surface area (Å²) in [6.07, 6.45) is 4.55. The highest BCUT2D eigenvalue weighted by atomic mass is 79.9. The highest BCUT2D eigenvalue weighted by Gasteiger charge is 2.00. The second-order valence-corrected chi connectivity index (χ2v) is 5.91. The van der Waals surface area contributed by atoms with Crippen molar-refractivity contribution in [3.63, 3.8) is 0 Å². The van der Waals surface area contributed by atoms with Crippen molar-refractivity contribution in [3.8, 4) is 11.5 Å². The van der Waals surface area contributed by atoms with Gasteiger partial charge in [0.1, 0.15) is 11.5 Å². The number of hydrogen-bond donors (Lipinski definition) is 0. The molecular formula is C18H23BrO2. The van der Waals surface area contributed by atoms with Crippen LogP contribution in [0.1, 0.15) is 32.6 Å². The first-order chi connectivity index (χ1) is 10.3. The Labute approximate surface area is 135 Å². The Morgan fingerprint density at radius 3 is 2.00 bits per heavy atom. The minimum atomic E-state index is 0.765. The maximum absolute atomic E-state index is 5.81. The van der Waals surface area contributed by atoms with Crippen LogP contribution in [0.15, 0.2) is 36.4 Å². The van der Waals surface area contributed by atoms with E-state index < -0.39 is 0 Å². The quantitative estimate of drug-likeness (QED) is 0.434. The van der Waals surface area contributed by atoms with Crippen LogP contribution in [0.4, 0.5) is 0 Å². The Morgan fingerprint density at radius 2 is 1.43 bits per heavy atom. The predicted molar refractivity (Wildman–Crippen MR) is 92.9 cm³/mol. The van der Waals surface area contributed by atoms with Gasteiger partial charge in [0.05, 0.1) is 13.2 Å². The first-order valence-corrected chi connectivity index (χ1v) is 8.81. The molecule has 2 aromatic rings. The first kappa shape index (κ1) is 16.2. The Hall–Kier alpha value is -1.22. The average Bonchev–Trinajstić information content (AvgIpc) is 2.52. The van der Waals surface area contributed by atoms with Crippen molar-refractivity contribution >= 4 is 26.7 Å². The number of alkyl halides is 1. The van der Waals surface area contributed by atoms with Gasteiger partial charge in [-0.1, -0.05) is 35.0 Å². The van der Waals surface area contributed by atoms with Crippen LogP contribution in [0.5, 0.6) is 11.5 Å². The molecule has 0 unspecified atom stereocenters. The molecule has 0 amide bonds. The average molecular weight is 351 g/mol. The van der Waals surface area contributed by atoms with Gasteiger partial charge in [0.15, 0.2) is 0 Å². The van der Waals surface area contributed by atoms with E-state index in [4.69, 9.17) is 9.47 Å². The van der Waals surface area contributed by atoms with Gasteiger partial charge in [-0.2, -0.15) is 0 Å². The molecule has 0 saturated carbocycles. The van der Waals surface area contributed by atoms with Crippen LogP contribution in [0.2, 0.25) is 0 Å². The van der Waals surface area contributed by atoms with Crippen LogP contribution < -0.4 is 9.47 Å². The van der Waals surface area contributed by atoms with Crippen LogP contribution in [0.25, 0.3) is 10.8 Å². The molecule has 0 fully saturated rings. The van der Waals surface area contributed by atoms with Crippen molar-refractivity contribution < 1.29 is 9.47 Å². The summed E-state index contributed by atoms with van der Waals surface area (Å²) in [5.41, 5.74) is 0. The summed E-state index contributed by atoms with van der Waals surface area (Å²) in [5.74, 6) is 1.89. The molecule has 0 N–H and O–H groups in total. The lowest BCUT2D eigenvalue weighted by Crippen LogP contribution is -1.97. The monoisotopic (exact) mass is 350 g/mol. The summed E-state index contributed by atoms with van der Waals surface area (Å²) in [6, 6.07) is 12.4. The third-order valence-electron chi connectivity index (χ3n) is 3.30. The molecule has 2 rings (SSSR count). The van der Waals surface area contributed by atoms with E-state index >= 15 is 0 Å². The lowest BCUT2D eigenvalue weighted by atomic mass is 10.1. The Balaban J connectivity index is 1.95. The Bertz CT molecular complexity index is 554. The van der Waals surface area contributed by atoms with Gasteiger partial charge in [-0.25, -0.2) is 0 Å². The molecule has 0 bridgehead atoms. The standard InChI is InChI=1S/C18H23BrO2/c1-2-11-20-17-8-6-16-14-18(9-7-15(16)13-17)21-12-5-3-4-10-19/h6-9,13-14H,2-5,10-12H2,1H3. The van der Waals surface area contributed by atoms with Crippen LogP contribution >= 0.6 is 15.9 Å². The predicted octanol–water partition coefficient (Wildman–Crippen LogP) is 5.57. The van der Waals surface area contributed by atoms with Gasteiger partial charge >= 0.3 is 0 Å². The summed E-state index contributed by atoms with van der Waals surface area (Å²) in [5, 5.41) is 3.46. The summed E-state index contributed by atoms with van der Waals surface area (Å²) >= 11 is 3.44. The lowest BCUT2D eigenvalue weighted by Gasteiger charge is -2.09. The third kappa shape index (κ3) is 5.24. The maximum Gasteiger partial charge on any atom is 0.119 e. The molecule has 0 radical (unpaired) electrons. The van der Waals surface area contributed by atoms with Gasteiger partial charge in [-0.15, -0.1) is 0 Å².